The molecule has 17 heavy (non-hydrogen) atoms. The van der Waals surface area contributed by atoms with Crippen LogP contribution in [0.15, 0.2) is 0 Å². The topological polar surface area (TPSA) is 36.9 Å². The van der Waals surface area contributed by atoms with E-state index >= 15 is 0 Å². The standard InChI is InChI=1S/C13H20O4/c1-3-14-4-2-12(1)9-17-11(12)10-5-15-6-13(10)7-16-8-13/h10-11H,1-9H2. The highest BCUT2D eigenvalue weighted by atomic mass is 16.5. The Hall–Kier alpha value is -0.160. The van der Waals surface area contributed by atoms with Crippen molar-refractivity contribution < 1.29 is 18.9 Å². The normalized spacial score (nSPS) is 42.4. The summed E-state index contributed by atoms with van der Waals surface area (Å²) in [4.78, 5) is 0. The first-order chi connectivity index (χ1) is 8.35. The van der Waals surface area contributed by atoms with Crippen LogP contribution in [0.5, 0.6) is 0 Å². The van der Waals surface area contributed by atoms with E-state index in [1.807, 2.05) is 0 Å². The van der Waals surface area contributed by atoms with E-state index in [9.17, 15) is 0 Å². The van der Waals surface area contributed by atoms with Gasteiger partial charge in [0, 0.05) is 30.0 Å². The minimum atomic E-state index is 0.274. The molecule has 0 aliphatic carbocycles. The van der Waals surface area contributed by atoms with Crippen LogP contribution in [-0.4, -0.2) is 52.4 Å². The summed E-state index contributed by atoms with van der Waals surface area (Å²) in [6, 6.07) is 0. The molecule has 0 aromatic carbocycles. The molecule has 4 saturated heterocycles. The Balaban J connectivity index is 1.54. The molecule has 0 bridgehead atoms. The monoisotopic (exact) mass is 240 g/mol. The van der Waals surface area contributed by atoms with Gasteiger partial charge in [0.05, 0.1) is 39.1 Å². The van der Waals surface area contributed by atoms with Crippen molar-refractivity contribution in [2.24, 2.45) is 16.7 Å². The summed E-state index contributed by atoms with van der Waals surface area (Å²) in [5, 5.41) is 0. The second-order valence-electron chi connectivity index (χ2n) is 6.18. The predicted molar refractivity (Wildman–Crippen MR) is 59.8 cm³/mol. The highest BCUT2D eigenvalue weighted by Crippen LogP contribution is 2.54. The zero-order valence-electron chi connectivity index (χ0n) is 10.2. The fraction of sp³-hybridized carbons (Fsp3) is 1.00. The van der Waals surface area contributed by atoms with Gasteiger partial charge in [-0.25, -0.2) is 0 Å². The summed E-state index contributed by atoms with van der Waals surface area (Å²) >= 11 is 0. The van der Waals surface area contributed by atoms with Crippen LogP contribution in [0.25, 0.3) is 0 Å². The maximum absolute atomic E-state index is 5.95. The third-order valence-corrected chi connectivity index (χ3v) is 5.26. The maximum Gasteiger partial charge on any atom is 0.0713 e. The molecule has 4 aliphatic rings. The van der Waals surface area contributed by atoms with Crippen LogP contribution in [0, 0.1) is 16.7 Å². The van der Waals surface area contributed by atoms with Crippen molar-refractivity contribution in [2.75, 3.05) is 46.2 Å². The van der Waals surface area contributed by atoms with Crippen molar-refractivity contribution in [2.45, 2.75) is 18.9 Å². The molecule has 4 nitrogen and oxygen atoms in total. The first-order valence-corrected chi connectivity index (χ1v) is 6.70. The Labute approximate surface area is 102 Å². The van der Waals surface area contributed by atoms with E-state index in [0.717, 1.165) is 59.1 Å². The summed E-state index contributed by atoms with van der Waals surface area (Å²) in [6.07, 6.45) is 2.70. The van der Waals surface area contributed by atoms with Crippen LogP contribution >= 0.6 is 0 Å². The molecule has 0 aromatic heterocycles. The molecule has 4 fully saturated rings. The van der Waals surface area contributed by atoms with Gasteiger partial charge < -0.3 is 18.9 Å². The first-order valence-electron chi connectivity index (χ1n) is 6.70. The Morgan fingerprint density at radius 2 is 1.53 bits per heavy atom. The van der Waals surface area contributed by atoms with Gasteiger partial charge in [0.25, 0.3) is 0 Å². The van der Waals surface area contributed by atoms with Crippen molar-refractivity contribution in [3.8, 4) is 0 Å². The van der Waals surface area contributed by atoms with Crippen molar-refractivity contribution in [3.05, 3.63) is 0 Å². The maximum atomic E-state index is 5.95. The fourth-order valence-corrected chi connectivity index (χ4v) is 3.91. The molecule has 2 spiro atoms. The fourth-order valence-electron chi connectivity index (χ4n) is 3.91. The molecule has 0 aromatic rings. The lowest BCUT2D eigenvalue weighted by molar-refractivity contribution is -0.267. The van der Waals surface area contributed by atoms with E-state index in [1.165, 1.54) is 0 Å². The van der Waals surface area contributed by atoms with Crippen LogP contribution in [0.2, 0.25) is 0 Å². The Kier molecular flexibility index (Phi) is 2.32. The molecular weight excluding hydrogens is 220 g/mol. The van der Waals surface area contributed by atoms with Gasteiger partial charge >= 0.3 is 0 Å². The Morgan fingerprint density at radius 1 is 0.765 bits per heavy atom. The summed E-state index contributed by atoms with van der Waals surface area (Å²) in [5.41, 5.74) is 0.662. The molecule has 0 radical (unpaired) electrons. The molecule has 96 valence electrons. The van der Waals surface area contributed by atoms with Crippen molar-refractivity contribution in [1.82, 2.24) is 0 Å². The first kappa shape index (κ1) is 10.7. The summed E-state index contributed by atoms with van der Waals surface area (Å²) in [7, 11) is 0. The average molecular weight is 240 g/mol. The molecule has 2 unspecified atom stereocenters. The minimum absolute atomic E-state index is 0.274. The molecular formula is C13H20O4. The van der Waals surface area contributed by atoms with E-state index in [0.29, 0.717) is 17.4 Å². The number of hydrogen-bond acceptors (Lipinski definition) is 4. The van der Waals surface area contributed by atoms with Crippen molar-refractivity contribution >= 4 is 0 Å². The van der Waals surface area contributed by atoms with Crippen LogP contribution in [0.3, 0.4) is 0 Å². The van der Waals surface area contributed by atoms with Crippen LogP contribution in [0.4, 0.5) is 0 Å². The lowest BCUT2D eigenvalue weighted by Crippen LogP contribution is -2.63. The quantitative estimate of drug-likeness (QED) is 0.681. The van der Waals surface area contributed by atoms with E-state index in [1.54, 1.807) is 0 Å². The predicted octanol–water partition coefficient (Wildman–Crippen LogP) is 0.845. The average Bonchev–Trinajstić information content (AvgIpc) is 2.73. The lowest BCUT2D eigenvalue weighted by Gasteiger charge is -2.57. The largest absolute Gasteiger partial charge is 0.381 e. The van der Waals surface area contributed by atoms with Gasteiger partial charge in [-0.05, 0) is 12.8 Å². The highest BCUT2D eigenvalue weighted by Gasteiger charge is 2.61. The minimum Gasteiger partial charge on any atom is -0.381 e. The third-order valence-electron chi connectivity index (χ3n) is 5.26. The molecule has 2 atom stereocenters. The number of rotatable bonds is 1. The number of hydrogen-bond donors (Lipinski definition) is 0. The van der Waals surface area contributed by atoms with Gasteiger partial charge in [-0.15, -0.1) is 0 Å². The Morgan fingerprint density at radius 3 is 2.12 bits per heavy atom. The van der Waals surface area contributed by atoms with Crippen molar-refractivity contribution in [3.63, 3.8) is 0 Å². The number of ether oxygens (including phenoxy) is 4. The van der Waals surface area contributed by atoms with E-state index in [4.69, 9.17) is 18.9 Å². The van der Waals surface area contributed by atoms with E-state index in [2.05, 4.69) is 0 Å². The van der Waals surface area contributed by atoms with E-state index in [-0.39, 0.29) is 5.41 Å². The molecule has 4 heteroatoms. The van der Waals surface area contributed by atoms with Gasteiger partial charge in [-0.1, -0.05) is 0 Å². The third kappa shape index (κ3) is 1.38. The van der Waals surface area contributed by atoms with Gasteiger partial charge in [0.2, 0.25) is 0 Å². The van der Waals surface area contributed by atoms with Gasteiger partial charge in [0.1, 0.15) is 0 Å². The van der Waals surface area contributed by atoms with Crippen LogP contribution < -0.4 is 0 Å². The van der Waals surface area contributed by atoms with Crippen molar-refractivity contribution in [1.29, 1.82) is 0 Å². The summed E-state index contributed by atoms with van der Waals surface area (Å²) < 4.78 is 22.6. The highest BCUT2D eigenvalue weighted by molar-refractivity contribution is 5.07. The SMILES string of the molecule is C1CC2(CCO1)COC2C1COCC12COC2. The second-order valence-corrected chi connectivity index (χ2v) is 6.18. The van der Waals surface area contributed by atoms with E-state index < -0.39 is 0 Å². The summed E-state index contributed by atoms with van der Waals surface area (Å²) in [6.45, 7) is 6.18. The smallest absolute Gasteiger partial charge is 0.0713 e. The van der Waals surface area contributed by atoms with Gasteiger partial charge in [0.15, 0.2) is 0 Å². The molecule has 0 amide bonds. The molecule has 4 heterocycles. The van der Waals surface area contributed by atoms with Crippen LogP contribution in [0.1, 0.15) is 12.8 Å². The zero-order chi connectivity index (χ0) is 11.3. The molecule has 0 N–H and O–H groups in total. The lowest BCUT2D eigenvalue weighted by atomic mass is 9.61. The Bertz CT molecular complexity index is 307. The molecule has 4 rings (SSSR count). The van der Waals surface area contributed by atoms with Gasteiger partial charge in [-0.2, -0.15) is 0 Å². The summed E-state index contributed by atoms with van der Waals surface area (Å²) in [5.74, 6) is 0.545. The molecule has 0 saturated carbocycles. The second kappa shape index (κ2) is 3.67. The molecule has 4 aliphatic heterocycles. The van der Waals surface area contributed by atoms with Gasteiger partial charge in [-0.3, -0.25) is 0 Å². The zero-order valence-corrected chi connectivity index (χ0v) is 10.2. The van der Waals surface area contributed by atoms with Crippen LogP contribution in [-0.2, 0) is 18.9 Å².